The maximum Gasteiger partial charge on any atom is 0.245 e. The number of thiophene rings is 1. The van der Waals surface area contributed by atoms with Crippen molar-refractivity contribution in [2.75, 3.05) is 6.54 Å². The normalized spacial score (nSPS) is 14.8. The van der Waals surface area contributed by atoms with Crippen molar-refractivity contribution in [3.63, 3.8) is 0 Å². The largest absolute Gasteiger partial charge is 0.341 e. The predicted molar refractivity (Wildman–Crippen MR) is 111 cm³/mol. The molecule has 0 aliphatic carbocycles. The molecule has 1 aromatic carbocycles. The highest BCUT2D eigenvalue weighted by Crippen LogP contribution is 2.24. The molecule has 2 aromatic rings. The van der Waals surface area contributed by atoms with Crippen molar-refractivity contribution >= 4 is 40.8 Å². The second kappa shape index (κ2) is 9.20. The highest BCUT2D eigenvalue weighted by atomic mass is 35.5. The van der Waals surface area contributed by atoms with Crippen LogP contribution in [0.1, 0.15) is 35.8 Å². The minimum absolute atomic E-state index is 0.00180. The van der Waals surface area contributed by atoms with Gasteiger partial charge in [-0.05, 0) is 53.6 Å². The van der Waals surface area contributed by atoms with Gasteiger partial charge >= 0.3 is 0 Å². The van der Waals surface area contributed by atoms with E-state index in [-0.39, 0.29) is 11.8 Å². The molecule has 3 rings (SSSR count). The monoisotopic (exact) mass is 402 g/mol. The van der Waals surface area contributed by atoms with Gasteiger partial charge in [0.05, 0.1) is 0 Å². The molecule has 1 N–H and O–H groups in total. The third-order valence-corrected chi connectivity index (χ3v) is 5.88. The lowest BCUT2D eigenvalue weighted by atomic mass is 10.1. The summed E-state index contributed by atoms with van der Waals surface area (Å²) in [5.74, 6) is -0.257. The number of benzene rings is 1. The van der Waals surface area contributed by atoms with Crippen molar-refractivity contribution in [2.24, 2.45) is 0 Å². The molecular formula is C21H23ClN2O2S. The maximum absolute atomic E-state index is 12.9. The fourth-order valence-electron chi connectivity index (χ4n) is 3.17. The molecule has 1 aromatic heterocycles. The van der Waals surface area contributed by atoms with Gasteiger partial charge in [-0.1, -0.05) is 37.1 Å². The van der Waals surface area contributed by atoms with Crippen LogP contribution in [0.5, 0.6) is 0 Å². The van der Waals surface area contributed by atoms with Crippen molar-refractivity contribution in [1.82, 2.24) is 10.2 Å². The Bertz CT molecular complexity index is 829. The Morgan fingerprint density at radius 2 is 2.07 bits per heavy atom. The summed E-state index contributed by atoms with van der Waals surface area (Å²) < 4.78 is 0. The van der Waals surface area contributed by atoms with Crippen molar-refractivity contribution < 1.29 is 9.59 Å². The average Bonchev–Trinajstić information content (AvgIpc) is 3.14. The number of rotatable bonds is 6. The van der Waals surface area contributed by atoms with Crippen molar-refractivity contribution in [1.29, 1.82) is 0 Å². The minimum Gasteiger partial charge on any atom is -0.341 e. The standard InChI is InChI=1S/C21H23ClN2O2S/c1-2-3-18(21(26)24-12-10-19-16(14-24)11-13-27-19)23-20(25)9-6-15-4-7-17(22)8-5-15/h4-9,11,13,18H,2-3,10,12,14H2,1H3,(H,23,25). The number of halogens is 1. The van der Waals surface area contributed by atoms with Crippen LogP contribution >= 0.6 is 22.9 Å². The smallest absolute Gasteiger partial charge is 0.245 e. The molecule has 27 heavy (non-hydrogen) atoms. The van der Waals surface area contributed by atoms with Gasteiger partial charge in [0.25, 0.3) is 0 Å². The van der Waals surface area contributed by atoms with E-state index in [0.717, 1.165) is 18.4 Å². The highest BCUT2D eigenvalue weighted by Gasteiger charge is 2.27. The third-order valence-electron chi connectivity index (χ3n) is 4.61. The number of nitrogens with zero attached hydrogens (tertiary/aromatic N) is 1. The second-order valence-corrected chi connectivity index (χ2v) is 8.05. The van der Waals surface area contributed by atoms with Gasteiger partial charge < -0.3 is 10.2 Å². The van der Waals surface area contributed by atoms with E-state index in [1.165, 1.54) is 16.5 Å². The van der Waals surface area contributed by atoms with E-state index in [9.17, 15) is 9.59 Å². The van der Waals surface area contributed by atoms with Crippen LogP contribution in [0, 0.1) is 0 Å². The predicted octanol–water partition coefficient (Wildman–Crippen LogP) is 4.28. The Kier molecular flexibility index (Phi) is 6.69. The second-order valence-electron chi connectivity index (χ2n) is 6.61. The lowest BCUT2D eigenvalue weighted by Crippen LogP contribution is -2.49. The van der Waals surface area contributed by atoms with Crippen LogP contribution < -0.4 is 5.32 Å². The number of nitrogens with one attached hydrogen (secondary N) is 1. The third kappa shape index (κ3) is 5.21. The maximum atomic E-state index is 12.9. The Hall–Kier alpha value is -2.11. The van der Waals surface area contributed by atoms with Gasteiger partial charge in [-0.3, -0.25) is 9.59 Å². The molecule has 0 saturated heterocycles. The van der Waals surface area contributed by atoms with Gasteiger partial charge in [-0.2, -0.15) is 0 Å². The highest BCUT2D eigenvalue weighted by molar-refractivity contribution is 7.10. The Labute approximate surface area is 168 Å². The summed E-state index contributed by atoms with van der Waals surface area (Å²) in [6, 6.07) is 8.83. The molecular weight excluding hydrogens is 380 g/mol. The Balaban J connectivity index is 1.61. The van der Waals surface area contributed by atoms with Crippen LogP contribution in [0.15, 0.2) is 41.8 Å². The SMILES string of the molecule is CCCC(NC(=O)C=Cc1ccc(Cl)cc1)C(=O)N1CCc2sccc2C1. The van der Waals surface area contributed by atoms with E-state index in [1.807, 2.05) is 24.0 Å². The zero-order valence-corrected chi connectivity index (χ0v) is 16.9. The van der Waals surface area contributed by atoms with E-state index in [0.29, 0.717) is 24.5 Å². The summed E-state index contributed by atoms with van der Waals surface area (Å²) in [5.41, 5.74) is 2.11. The van der Waals surface area contributed by atoms with Gasteiger partial charge in [0.1, 0.15) is 6.04 Å². The minimum atomic E-state index is -0.488. The molecule has 0 radical (unpaired) electrons. The lowest BCUT2D eigenvalue weighted by Gasteiger charge is -2.30. The van der Waals surface area contributed by atoms with Gasteiger partial charge in [-0.25, -0.2) is 0 Å². The van der Waals surface area contributed by atoms with Crippen molar-refractivity contribution in [2.45, 2.75) is 38.8 Å². The molecule has 0 saturated carbocycles. The number of amides is 2. The van der Waals surface area contributed by atoms with Crippen LogP contribution in [0.4, 0.5) is 0 Å². The molecule has 4 nitrogen and oxygen atoms in total. The summed E-state index contributed by atoms with van der Waals surface area (Å²) in [5, 5.41) is 5.60. The zero-order chi connectivity index (χ0) is 19.2. The number of hydrogen-bond acceptors (Lipinski definition) is 3. The van der Waals surface area contributed by atoms with Gasteiger partial charge in [0.15, 0.2) is 0 Å². The first-order valence-electron chi connectivity index (χ1n) is 9.15. The van der Waals surface area contributed by atoms with Gasteiger partial charge in [0.2, 0.25) is 11.8 Å². The van der Waals surface area contributed by atoms with Gasteiger partial charge in [-0.15, -0.1) is 11.3 Å². The molecule has 0 spiro atoms. The van der Waals surface area contributed by atoms with E-state index >= 15 is 0 Å². The molecule has 142 valence electrons. The van der Waals surface area contributed by atoms with Crippen LogP contribution in [-0.4, -0.2) is 29.3 Å². The molecule has 0 bridgehead atoms. The van der Waals surface area contributed by atoms with Crippen LogP contribution in [-0.2, 0) is 22.6 Å². The van der Waals surface area contributed by atoms with E-state index < -0.39 is 6.04 Å². The molecule has 1 atom stereocenters. The molecule has 2 heterocycles. The van der Waals surface area contributed by atoms with Crippen LogP contribution in [0.3, 0.4) is 0 Å². The quantitative estimate of drug-likeness (QED) is 0.733. The lowest BCUT2D eigenvalue weighted by molar-refractivity contribution is -0.136. The summed E-state index contributed by atoms with van der Waals surface area (Å²) in [7, 11) is 0. The molecule has 6 heteroatoms. The van der Waals surface area contributed by atoms with E-state index in [1.54, 1.807) is 29.5 Å². The topological polar surface area (TPSA) is 49.4 Å². The Morgan fingerprint density at radius 1 is 1.30 bits per heavy atom. The first-order chi connectivity index (χ1) is 13.1. The summed E-state index contributed by atoms with van der Waals surface area (Å²) in [6.45, 7) is 3.36. The average molecular weight is 403 g/mol. The number of fused-ring (bicyclic) bond motifs is 1. The first kappa shape index (κ1) is 19.6. The van der Waals surface area contributed by atoms with Crippen molar-refractivity contribution in [3.05, 3.63) is 62.8 Å². The summed E-state index contributed by atoms with van der Waals surface area (Å²) >= 11 is 7.61. The van der Waals surface area contributed by atoms with E-state index in [4.69, 9.17) is 11.6 Å². The first-order valence-corrected chi connectivity index (χ1v) is 10.4. The summed E-state index contributed by atoms with van der Waals surface area (Å²) in [4.78, 5) is 28.5. The Morgan fingerprint density at radius 3 is 2.81 bits per heavy atom. The fourth-order valence-corrected chi connectivity index (χ4v) is 4.18. The van der Waals surface area contributed by atoms with Crippen molar-refractivity contribution in [3.8, 4) is 0 Å². The number of hydrogen-bond donors (Lipinski definition) is 1. The van der Waals surface area contributed by atoms with Crippen LogP contribution in [0.25, 0.3) is 6.08 Å². The number of carbonyl (C=O) groups excluding carboxylic acids is 2. The molecule has 2 amide bonds. The molecule has 0 fully saturated rings. The molecule has 1 aliphatic heterocycles. The molecule has 1 aliphatic rings. The molecule has 1 unspecified atom stereocenters. The van der Waals surface area contributed by atoms with Crippen LogP contribution in [0.2, 0.25) is 5.02 Å². The van der Waals surface area contributed by atoms with E-state index in [2.05, 4.69) is 16.8 Å². The van der Waals surface area contributed by atoms with Gasteiger partial charge in [0, 0.05) is 29.1 Å². The zero-order valence-electron chi connectivity index (χ0n) is 15.3. The summed E-state index contributed by atoms with van der Waals surface area (Å²) in [6.07, 6.45) is 5.54. The number of carbonyl (C=O) groups is 2. The fraction of sp³-hybridized carbons (Fsp3) is 0.333.